The van der Waals surface area contributed by atoms with Crippen LogP contribution < -0.4 is 4.74 Å². The summed E-state index contributed by atoms with van der Waals surface area (Å²) in [5.74, 6) is 0.856. The Morgan fingerprint density at radius 3 is 2.45 bits per heavy atom. The number of fused-ring (bicyclic) bond motifs is 1. The van der Waals surface area contributed by atoms with Crippen LogP contribution in [-0.2, 0) is 7.05 Å². The van der Waals surface area contributed by atoms with Crippen LogP contribution in [0.5, 0.6) is 5.75 Å². The molecule has 0 bridgehead atoms. The van der Waals surface area contributed by atoms with Crippen LogP contribution >= 0.6 is 0 Å². The molecule has 0 spiro atoms. The van der Waals surface area contributed by atoms with Crippen molar-refractivity contribution < 1.29 is 4.74 Å². The number of methoxy groups -OCH3 is 1. The SMILES string of the molecule is COc1ccc2c(c1)cc(-c1ccc(C#N)cc1)n2C. The molecule has 0 atom stereocenters. The van der Waals surface area contributed by atoms with Gasteiger partial charge in [-0.15, -0.1) is 0 Å². The van der Waals surface area contributed by atoms with Crippen LogP contribution in [0.1, 0.15) is 5.56 Å². The van der Waals surface area contributed by atoms with E-state index in [0.717, 1.165) is 27.9 Å². The molecule has 20 heavy (non-hydrogen) atoms. The number of ether oxygens (including phenoxy) is 1. The average molecular weight is 262 g/mol. The third kappa shape index (κ3) is 1.92. The molecule has 2 aromatic carbocycles. The summed E-state index contributed by atoms with van der Waals surface area (Å²) in [5.41, 5.74) is 4.05. The highest BCUT2D eigenvalue weighted by Crippen LogP contribution is 2.29. The predicted octanol–water partition coefficient (Wildman–Crippen LogP) is 3.73. The molecule has 0 aliphatic heterocycles. The van der Waals surface area contributed by atoms with Gasteiger partial charge in [0.1, 0.15) is 5.75 Å². The number of aryl methyl sites for hydroxylation is 1. The van der Waals surface area contributed by atoms with Gasteiger partial charge in [0.05, 0.1) is 18.7 Å². The standard InChI is InChI=1S/C17H14N2O/c1-19-16-8-7-15(20-2)9-14(16)10-17(19)13-5-3-12(11-18)4-6-13/h3-10H,1-2H3. The van der Waals surface area contributed by atoms with E-state index in [0.29, 0.717) is 5.56 Å². The third-order valence-corrected chi connectivity index (χ3v) is 3.56. The largest absolute Gasteiger partial charge is 0.497 e. The fourth-order valence-electron chi connectivity index (χ4n) is 2.45. The molecule has 3 heteroatoms. The Hall–Kier alpha value is -2.73. The summed E-state index contributed by atoms with van der Waals surface area (Å²) in [6, 6.07) is 18.0. The van der Waals surface area contributed by atoms with Crippen molar-refractivity contribution >= 4 is 10.9 Å². The van der Waals surface area contributed by atoms with Gasteiger partial charge in [-0.3, -0.25) is 0 Å². The molecule has 0 aliphatic rings. The lowest BCUT2D eigenvalue weighted by molar-refractivity contribution is 0.415. The summed E-state index contributed by atoms with van der Waals surface area (Å²) < 4.78 is 7.41. The summed E-state index contributed by atoms with van der Waals surface area (Å²) in [6.45, 7) is 0. The normalized spacial score (nSPS) is 10.4. The van der Waals surface area contributed by atoms with E-state index >= 15 is 0 Å². The lowest BCUT2D eigenvalue weighted by Gasteiger charge is -2.04. The zero-order valence-corrected chi connectivity index (χ0v) is 11.4. The summed E-state index contributed by atoms with van der Waals surface area (Å²) >= 11 is 0. The quantitative estimate of drug-likeness (QED) is 0.705. The molecule has 3 rings (SSSR count). The van der Waals surface area contributed by atoms with Gasteiger partial charge in [0.25, 0.3) is 0 Å². The monoisotopic (exact) mass is 262 g/mol. The second-order valence-corrected chi connectivity index (χ2v) is 4.70. The third-order valence-electron chi connectivity index (χ3n) is 3.56. The van der Waals surface area contributed by atoms with Crippen LogP contribution in [0.25, 0.3) is 22.2 Å². The Balaban J connectivity index is 2.15. The zero-order valence-electron chi connectivity index (χ0n) is 11.4. The maximum absolute atomic E-state index is 8.86. The van der Waals surface area contributed by atoms with E-state index in [1.165, 1.54) is 0 Å². The second-order valence-electron chi connectivity index (χ2n) is 4.70. The van der Waals surface area contributed by atoms with Gasteiger partial charge in [0.2, 0.25) is 0 Å². The van der Waals surface area contributed by atoms with E-state index in [4.69, 9.17) is 10.00 Å². The minimum absolute atomic E-state index is 0.675. The summed E-state index contributed by atoms with van der Waals surface area (Å²) in [4.78, 5) is 0. The fourth-order valence-corrected chi connectivity index (χ4v) is 2.45. The number of rotatable bonds is 2. The Morgan fingerprint density at radius 2 is 1.80 bits per heavy atom. The van der Waals surface area contributed by atoms with E-state index < -0.39 is 0 Å². The van der Waals surface area contributed by atoms with E-state index in [1.807, 2.05) is 43.4 Å². The first-order valence-electron chi connectivity index (χ1n) is 6.37. The number of hydrogen-bond donors (Lipinski definition) is 0. The van der Waals surface area contributed by atoms with Crippen molar-refractivity contribution in [2.45, 2.75) is 0 Å². The first-order valence-corrected chi connectivity index (χ1v) is 6.37. The first-order chi connectivity index (χ1) is 9.72. The number of aromatic nitrogens is 1. The van der Waals surface area contributed by atoms with Crippen molar-refractivity contribution in [3.63, 3.8) is 0 Å². The molecule has 3 aromatic rings. The molecule has 1 heterocycles. The fraction of sp³-hybridized carbons (Fsp3) is 0.118. The number of benzene rings is 2. The van der Waals surface area contributed by atoms with Gasteiger partial charge in [-0.25, -0.2) is 0 Å². The van der Waals surface area contributed by atoms with Crippen molar-refractivity contribution in [2.75, 3.05) is 7.11 Å². The molecule has 0 aliphatic carbocycles. The molecule has 98 valence electrons. The molecular formula is C17H14N2O. The molecule has 0 saturated heterocycles. The van der Waals surface area contributed by atoms with E-state index in [9.17, 15) is 0 Å². The van der Waals surface area contributed by atoms with Crippen molar-refractivity contribution in [3.8, 4) is 23.1 Å². The summed E-state index contributed by atoms with van der Waals surface area (Å²) in [6.07, 6.45) is 0. The van der Waals surface area contributed by atoms with Gasteiger partial charge < -0.3 is 9.30 Å². The van der Waals surface area contributed by atoms with Gasteiger partial charge >= 0.3 is 0 Å². The maximum Gasteiger partial charge on any atom is 0.119 e. The van der Waals surface area contributed by atoms with Crippen LogP contribution in [0.4, 0.5) is 0 Å². The van der Waals surface area contributed by atoms with Crippen molar-refractivity contribution in [3.05, 3.63) is 54.1 Å². The highest BCUT2D eigenvalue weighted by molar-refractivity contribution is 5.88. The van der Waals surface area contributed by atoms with Crippen LogP contribution in [0.2, 0.25) is 0 Å². The highest BCUT2D eigenvalue weighted by atomic mass is 16.5. The molecule has 0 unspecified atom stereocenters. The first kappa shape index (κ1) is 12.3. The Bertz CT molecular complexity index is 807. The van der Waals surface area contributed by atoms with Crippen molar-refractivity contribution in [1.29, 1.82) is 5.26 Å². The molecule has 0 fully saturated rings. The summed E-state index contributed by atoms with van der Waals surface area (Å²) in [7, 11) is 3.72. The summed E-state index contributed by atoms with van der Waals surface area (Å²) in [5, 5.41) is 10.0. The molecule has 0 amide bonds. The van der Waals surface area contributed by atoms with Crippen LogP contribution in [0.3, 0.4) is 0 Å². The van der Waals surface area contributed by atoms with Gasteiger partial charge in [0.15, 0.2) is 0 Å². The van der Waals surface area contributed by atoms with Crippen LogP contribution in [-0.4, -0.2) is 11.7 Å². The Morgan fingerprint density at radius 1 is 1.05 bits per heavy atom. The number of hydrogen-bond acceptors (Lipinski definition) is 2. The topological polar surface area (TPSA) is 37.9 Å². The van der Waals surface area contributed by atoms with Crippen LogP contribution in [0.15, 0.2) is 48.5 Å². The van der Waals surface area contributed by atoms with Gasteiger partial charge in [-0.2, -0.15) is 5.26 Å². The minimum atomic E-state index is 0.675. The number of nitriles is 1. The van der Waals surface area contributed by atoms with Gasteiger partial charge in [-0.1, -0.05) is 12.1 Å². The second kappa shape index (κ2) is 4.75. The Labute approximate surface area is 117 Å². The zero-order chi connectivity index (χ0) is 14.1. The maximum atomic E-state index is 8.86. The molecule has 3 nitrogen and oxygen atoms in total. The average Bonchev–Trinajstić information content (AvgIpc) is 2.84. The van der Waals surface area contributed by atoms with Crippen molar-refractivity contribution in [1.82, 2.24) is 4.57 Å². The molecule has 1 aromatic heterocycles. The lowest BCUT2D eigenvalue weighted by atomic mass is 10.1. The molecular weight excluding hydrogens is 248 g/mol. The van der Waals surface area contributed by atoms with E-state index in [2.05, 4.69) is 22.8 Å². The minimum Gasteiger partial charge on any atom is -0.497 e. The van der Waals surface area contributed by atoms with Crippen molar-refractivity contribution in [2.24, 2.45) is 7.05 Å². The lowest BCUT2D eigenvalue weighted by Crippen LogP contribution is -1.91. The van der Waals surface area contributed by atoms with E-state index in [-0.39, 0.29) is 0 Å². The molecule has 0 radical (unpaired) electrons. The van der Waals surface area contributed by atoms with Gasteiger partial charge in [0, 0.05) is 23.6 Å². The molecule has 0 N–H and O–H groups in total. The number of nitrogens with zero attached hydrogens (tertiary/aromatic N) is 2. The van der Waals surface area contributed by atoms with Gasteiger partial charge in [-0.05, 0) is 42.0 Å². The smallest absolute Gasteiger partial charge is 0.119 e. The highest BCUT2D eigenvalue weighted by Gasteiger charge is 2.08. The predicted molar refractivity (Wildman–Crippen MR) is 79.6 cm³/mol. The van der Waals surface area contributed by atoms with Crippen LogP contribution in [0, 0.1) is 11.3 Å². The Kier molecular flexibility index (Phi) is 2.92. The van der Waals surface area contributed by atoms with E-state index in [1.54, 1.807) is 7.11 Å². The molecule has 0 saturated carbocycles.